The number of allylic oxidation sites excluding steroid dienone is 2. The molecule has 2 heteroatoms. The van der Waals surface area contributed by atoms with E-state index >= 15 is 0 Å². The summed E-state index contributed by atoms with van der Waals surface area (Å²) in [6, 6.07) is 0. The quantitative estimate of drug-likeness (QED) is 0.477. The molecule has 0 amide bonds. The van der Waals surface area contributed by atoms with Gasteiger partial charge in [-0.25, -0.2) is 0 Å². The Morgan fingerprint density at radius 2 is 1.41 bits per heavy atom. The molecule has 0 aromatic rings. The van der Waals surface area contributed by atoms with E-state index in [1.807, 2.05) is 6.08 Å². The van der Waals surface area contributed by atoms with Gasteiger partial charge in [-0.1, -0.05) is 70.8 Å². The second-order valence-electron chi connectivity index (χ2n) is 7.53. The van der Waals surface area contributed by atoms with Crippen molar-refractivity contribution in [2.75, 3.05) is 6.61 Å². The molecule has 0 aromatic heterocycles. The van der Waals surface area contributed by atoms with Gasteiger partial charge in [-0.3, -0.25) is 4.79 Å². The number of hydrogen-bond acceptors (Lipinski definition) is 2. The van der Waals surface area contributed by atoms with Gasteiger partial charge in [-0.05, 0) is 37.2 Å². The summed E-state index contributed by atoms with van der Waals surface area (Å²) in [6.45, 7) is 4.91. The molecule has 1 rings (SSSR count). The SMILES string of the molecule is CC1(C)CCC(=O)C=C1CCCCCCCCCCCCO. The van der Waals surface area contributed by atoms with E-state index in [4.69, 9.17) is 5.11 Å². The molecule has 0 fully saturated rings. The Hall–Kier alpha value is -0.630. The van der Waals surface area contributed by atoms with Crippen LogP contribution in [0.5, 0.6) is 0 Å². The number of aliphatic hydroxyl groups is 1. The molecule has 0 radical (unpaired) electrons. The zero-order valence-corrected chi connectivity index (χ0v) is 14.8. The Labute approximate surface area is 137 Å². The largest absolute Gasteiger partial charge is 0.396 e. The van der Waals surface area contributed by atoms with Crippen molar-refractivity contribution in [2.24, 2.45) is 5.41 Å². The number of carbonyl (C=O) groups is 1. The normalized spacial score (nSPS) is 17.6. The summed E-state index contributed by atoms with van der Waals surface area (Å²) in [5.41, 5.74) is 1.62. The van der Waals surface area contributed by atoms with Gasteiger partial charge in [0.25, 0.3) is 0 Å². The van der Waals surface area contributed by atoms with Gasteiger partial charge in [-0.15, -0.1) is 0 Å². The monoisotopic (exact) mass is 308 g/mol. The molecule has 0 atom stereocenters. The number of carbonyl (C=O) groups excluding carboxylic acids is 1. The third-order valence-corrected chi connectivity index (χ3v) is 5.06. The van der Waals surface area contributed by atoms with E-state index in [1.165, 1.54) is 63.4 Å². The lowest BCUT2D eigenvalue weighted by Crippen LogP contribution is -2.22. The smallest absolute Gasteiger partial charge is 0.155 e. The van der Waals surface area contributed by atoms with Gasteiger partial charge in [0.15, 0.2) is 5.78 Å². The summed E-state index contributed by atoms with van der Waals surface area (Å²) < 4.78 is 0. The first kappa shape index (κ1) is 19.4. The predicted molar refractivity (Wildman–Crippen MR) is 94.0 cm³/mol. The molecule has 128 valence electrons. The van der Waals surface area contributed by atoms with Crippen LogP contribution in [0.3, 0.4) is 0 Å². The van der Waals surface area contributed by atoms with Crippen molar-refractivity contribution < 1.29 is 9.90 Å². The second kappa shape index (κ2) is 11.0. The van der Waals surface area contributed by atoms with E-state index in [9.17, 15) is 4.79 Å². The lowest BCUT2D eigenvalue weighted by atomic mass is 9.73. The molecule has 0 bridgehead atoms. The molecular formula is C20H36O2. The summed E-state index contributed by atoms with van der Waals surface area (Å²) in [6.07, 6.45) is 17.4. The van der Waals surface area contributed by atoms with Crippen LogP contribution < -0.4 is 0 Å². The van der Waals surface area contributed by atoms with E-state index in [1.54, 1.807) is 0 Å². The molecule has 0 aliphatic heterocycles. The molecule has 1 N–H and O–H groups in total. The molecule has 0 spiro atoms. The van der Waals surface area contributed by atoms with Crippen LogP contribution in [-0.2, 0) is 4.79 Å². The van der Waals surface area contributed by atoms with Gasteiger partial charge in [0.1, 0.15) is 0 Å². The van der Waals surface area contributed by atoms with Gasteiger partial charge in [0.05, 0.1) is 0 Å². The number of unbranched alkanes of at least 4 members (excludes halogenated alkanes) is 9. The minimum absolute atomic E-state index is 0.239. The third kappa shape index (κ3) is 8.12. The highest BCUT2D eigenvalue weighted by Gasteiger charge is 2.27. The molecule has 1 aliphatic rings. The molecule has 0 saturated heterocycles. The number of aliphatic hydroxyl groups excluding tert-OH is 1. The maximum atomic E-state index is 11.6. The standard InChI is InChI=1S/C20H36O2/c1-20(2)15-14-19(22)17-18(20)13-11-9-7-5-3-4-6-8-10-12-16-21/h17,21H,3-16H2,1-2H3. The molecule has 1 aliphatic carbocycles. The zero-order valence-electron chi connectivity index (χ0n) is 14.8. The van der Waals surface area contributed by atoms with Crippen LogP contribution in [0, 0.1) is 5.41 Å². The van der Waals surface area contributed by atoms with E-state index < -0.39 is 0 Å². The second-order valence-corrected chi connectivity index (χ2v) is 7.53. The minimum Gasteiger partial charge on any atom is -0.396 e. The topological polar surface area (TPSA) is 37.3 Å². The van der Waals surface area contributed by atoms with Gasteiger partial charge in [0.2, 0.25) is 0 Å². The van der Waals surface area contributed by atoms with Crippen LogP contribution >= 0.6 is 0 Å². The zero-order chi connectivity index (χ0) is 16.3. The lowest BCUT2D eigenvalue weighted by molar-refractivity contribution is -0.115. The Morgan fingerprint density at radius 1 is 0.909 bits per heavy atom. The molecule has 2 nitrogen and oxygen atoms in total. The molecule has 0 unspecified atom stereocenters. The summed E-state index contributed by atoms with van der Waals surface area (Å²) in [7, 11) is 0. The average Bonchev–Trinajstić information content (AvgIpc) is 2.48. The summed E-state index contributed by atoms with van der Waals surface area (Å²) in [5.74, 6) is 0.329. The first-order valence-electron chi connectivity index (χ1n) is 9.41. The highest BCUT2D eigenvalue weighted by atomic mass is 16.2. The Balaban J connectivity index is 1.98. The van der Waals surface area contributed by atoms with Crippen molar-refractivity contribution in [3.8, 4) is 0 Å². The summed E-state index contributed by atoms with van der Waals surface area (Å²) in [4.78, 5) is 11.6. The Bertz CT molecular complexity index is 342. The van der Waals surface area contributed by atoms with Crippen molar-refractivity contribution in [2.45, 2.75) is 97.3 Å². The van der Waals surface area contributed by atoms with Crippen LogP contribution in [0.15, 0.2) is 11.6 Å². The Kier molecular flexibility index (Phi) is 9.70. The minimum atomic E-state index is 0.239. The van der Waals surface area contributed by atoms with E-state index in [-0.39, 0.29) is 5.41 Å². The maximum absolute atomic E-state index is 11.6. The van der Waals surface area contributed by atoms with Gasteiger partial charge in [0, 0.05) is 13.0 Å². The molecular weight excluding hydrogens is 272 g/mol. The van der Waals surface area contributed by atoms with Crippen LogP contribution in [0.2, 0.25) is 0 Å². The van der Waals surface area contributed by atoms with Crippen molar-refractivity contribution in [1.82, 2.24) is 0 Å². The third-order valence-electron chi connectivity index (χ3n) is 5.06. The molecule has 0 heterocycles. The summed E-state index contributed by atoms with van der Waals surface area (Å²) in [5, 5.41) is 8.71. The average molecular weight is 309 g/mol. The van der Waals surface area contributed by atoms with Gasteiger partial charge >= 0.3 is 0 Å². The van der Waals surface area contributed by atoms with E-state index in [0.29, 0.717) is 12.4 Å². The van der Waals surface area contributed by atoms with E-state index in [0.717, 1.165) is 25.7 Å². The first-order valence-corrected chi connectivity index (χ1v) is 9.41. The van der Waals surface area contributed by atoms with E-state index in [2.05, 4.69) is 13.8 Å². The number of rotatable bonds is 12. The number of ketones is 1. The highest BCUT2D eigenvalue weighted by molar-refractivity contribution is 5.91. The summed E-state index contributed by atoms with van der Waals surface area (Å²) >= 11 is 0. The highest BCUT2D eigenvalue weighted by Crippen LogP contribution is 2.38. The molecule has 0 aromatic carbocycles. The van der Waals surface area contributed by atoms with Gasteiger partial charge in [-0.2, -0.15) is 0 Å². The van der Waals surface area contributed by atoms with Crippen LogP contribution in [0.1, 0.15) is 97.3 Å². The van der Waals surface area contributed by atoms with Crippen molar-refractivity contribution >= 4 is 5.78 Å². The van der Waals surface area contributed by atoms with Crippen LogP contribution in [-0.4, -0.2) is 17.5 Å². The fourth-order valence-electron chi connectivity index (χ4n) is 3.31. The first-order chi connectivity index (χ1) is 10.6. The fourth-order valence-corrected chi connectivity index (χ4v) is 3.31. The maximum Gasteiger partial charge on any atom is 0.155 e. The molecule has 0 saturated carbocycles. The van der Waals surface area contributed by atoms with Gasteiger partial charge < -0.3 is 5.11 Å². The fraction of sp³-hybridized carbons (Fsp3) is 0.850. The van der Waals surface area contributed by atoms with Crippen LogP contribution in [0.25, 0.3) is 0 Å². The molecule has 22 heavy (non-hydrogen) atoms. The van der Waals surface area contributed by atoms with Crippen molar-refractivity contribution in [3.05, 3.63) is 11.6 Å². The predicted octanol–water partition coefficient (Wildman–Crippen LogP) is 5.59. The van der Waals surface area contributed by atoms with Crippen molar-refractivity contribution in [1.29, 1.82) is 0 Å². The Morgan fingerprint density at radius 3 is 1.95 bits per heavy atom. The van der Waals surface area contributed by atoms with Crippen LogP contribution in [0.4, 0.5) is 0 Å². The lowest BCUT2D eigenvalue weighted by Gasteiger charge is -2.31. The van der Waals surface area contributed by atoms with Crippen molar-refractivity contribution in [3.63, 3.8) is 0 Å². The number of hydrogen-bond donors (Lipinski definition) is 1.